The predicted molar refractivity (Wildman–Crippen MR) is 135 cm³/mol. The standard InChI is InChI=1S/C26H30F3N7O/c1-14-22(15(2)37-35-14)20-9-8-16-17(12-30-24(16)32-20)23-18(26(27,28)29)13-31-25(34-23)33-19-6-5-7-21(19)36-10-3-4-11-36/h8-9,12,19,21H,3-7,10-11,13H2,1-2H3,(H,30,32)(H2,31,33,34)/t19?,21-/m0/s1. The largest absolute Gasteiger partial charge is 0.416 e. The van der Waals surface area contributed by atoms with Crippen LogP contribution in [0.25, 0.3) is 28.0 Å². The molecule has 1 aliphatic carbocycles. The van der Waals surface area contributed by atoms with Gasteiger partial charge < -0.3 is 20.1 Å². The zero-order valence-electron chi connectivity index (χ0n) is 20.9. The number of likely N-dealkylation sites (tertiary alicyclic amines) is 1. The van der Waals surface area contributed by atoms with Crippen LogP contribution in [0.3, 0.4) is 0 Å². The Morgan fingerprint density at radius 1 is 1.11 bits per heavy atom. The summed E-state index contributed by atoms with van der Waals surface area (Å²) < 4.78 is 47.5. The number of aromatic nitrogens is 3. The van der Waals surface area contributed by atoms with Crippen molar-refractivity contribution in [1.82, 2.24) is 30.7 Å². The average Bonchev–Trinajstić information content (AvgIpc) is 3.65. The molecule has 3 aromatic rings. The highest BCUT2D eigenvalue weighted by Crippen LogP contribution is 2.36. The molecule has 3 aliphatic rings. The summed E-state index contributed by atoms with van der Waals surface area (Å²) in [6.07, 6.45) is 2.65. The summed E-state index contributed by atoms with van der Waals surface area (Å²) >= 11 is 0. The number of nitrogens with one attached hydrogen (secondary N) is 3. The van der Waals surface area contributed by atoms with Gasteiger partial charge in [-0.1, -0.05) is 5.16 Å². The number of alkyl halides is 3. The van der Waals surface area contributed by atoms with Crippen molar-refractivity contribution >= 4 is 22.7 Å². The molecule has 11 heteroatoms. The molecule has 2 atom stereocenters. The zero-order chi connectivity index (χ0) is 25.7. The summed E-state index contributed by atoms with van der Waals surface area (Å²) in [5.41, 5.74) is 2.36. The molecule has 0 amide bonds. The van der Waals surface area contributed by atoms with Gasteiger partial charge in [0.15, 0.2) is 5.96 Å². The van der Waals surface area contributed by atoms with Gasteiger partial charge in [0.05, 0.1) is 34.8 Å². The van der Waals surface area contributed by atoms with Crippen molar-refractivity contribution in [3.8, 4) is 11.3 Å². The molecule has 0 spiro atoms. The van der Waals surface area contributed by atoms with Crippen molar-refractivity contribution in [3.05, 3.63) is 40.9 Å². The van der Waals surface area contributed by atoms with Gasteiger partial charge in [-0.2, -0.15) is 13.2 Å². The topological polar surface area (TPSA) is 94.4 Å². The minimum atomic E-state index is -4.52. The van der Waals surface area contributed by atoms with Crippen LogP contribution in [0.15, 0.2) is 33.4 Å². The molecule has 8 nitrogen and oxygen atoms in total. The minimum Gasteiger partial charge on any atom is -0.361 e. The number of hydrogen-bond donors (Lipinski definition) is 3. The first kappa shape index (κ1) is 24.0. The van der Waals surface area contributed by atoms with Gasteiger partial charge in [0.25, 0.3) is 0 Å². The summed E-state index contributed by atoms with van der Waals surface area (Å²) in [4.78, 5) is 14.5. The molecule has 1 saturated carbocycles. The van der Waals surface area contributed by atoms with E-state index in [1.807, 2.05) is 6.92 Å². The van der Waals surface area contributed by atoms with Gasteiger partial charge in [-0.3, -0.25) is 4.90 Å². The molecule has 1 unspecified atom stereocenters. The van der Waals surface area contributed by atoms with E-state index in [1.54, 1.807) is 25.3 Å². The summed E-state index contributed by atoms with van der Waals surface area (Å²) in [5.74, 6) is 1.03. The monoisotopic (exact) mass is 513 g/mol. The lowest BCUT2D eigenvalue weighted by molar-refractivity contribution is -0.0918. The Labute approximate surface area is 212 Å². The molecule has 0 bridgehead atoms. The third-order valence-corrected chi connectivity index (χ3v) is 7.79. The van der Waals surface area contributed by atoms with Gasteiger partial charge in [-0.25, -0.2) is 9.98 Å². The lowest BCUT2D eigenvalue weighted by Gasteiger charge is -2.32. The summed E-state index contributed by atoms with van der Waals surface area (Å²) in [6.45, 7) is 5.37. The molecule has 2 aliphatic heterocycles. The van der Waals surface area contributed by atoms with Crippen LogP contribution < -0.4 is 10.6 Å². The number of nitrogens with zero attached hydrogens (tertiary/aromatic N) is 4. The van der Waals surface area contributed by atoms with E-state index >= 15 is 0 Å². The fourth-order valence-electron chi connectivity index (χ4n) is 6.01. The lowest BCUT2D eigenvalue weighted by Crippen LogP contribution is -2.52. The van der Waals surface area contributed by atoms with E-state index < -0.39 is 18.3 Å². The van der Waals surface area contributed by atoms with E-state index in [2.05, 4.69) is 35.7 Å². The maximum absolute atomic E-state index is 14.1. The molecule has 5 heterocycles. The third kappa shape index (κ3) is 4.39. The van der Waals surface area contributed by atoms with Crippen LogP contribution in [0.1, 0.15) is 49.1 Å². The first-order valence-electron chi connectivity index (χ1n) is 12.8. The number of guanidine groups is 1. The maximum atomic E-state index is 14.1. The van der Waals surface area contributed by atoms with E-state index in [0.717, 1.165) is 37.9 Å². The molecular formula is C26H30F3N7O. The van der Waals surface area contributed by atoms with Crippen molar-refractivity contribution in [2.75, 3.05) is 19.6 Å². The number of H-pyrrole nitrogens is 1. The van der Waals surface area contributed by atoms with Crippen LogP contribution >= 0.6 is 0 Å². The molecule has 1 saturated heterocycles. The van der Waals surface area contributed by atoms with Crippen LogP contribution in [0.2, 0.25) is 0 Å². The van der Waals surface area contributed by atoms with Gasteiger partial charge >= 0.3 is 6.18 Å². The highest BCUT2D eigenvalue weighted by molar-refractivity contribution is 5.99. The fourth-order valence-corrected chi connectivity index (χ4v) is 6.01. The molecule has 6 rings (SSSR count). The molecule has 3 aromatic heterocycles. The summed E-state index contributed by atoms with van der Waals surface area (Å²) in [7, 11) is 0. The van der Waals surface area contributed by atoms with E-state index in [4.69, 9.17) is 4.52 Å². The van der Waals surface area contributed by atoms with Crippen LogP contribution in [0.5, 0.6) is 0 Å². The quantitative estimate of drug-likeness (QED) is 0.469. The van der Waals surface area contributed by atoms with E-state index in [9.17, 15) is 13.2 Å². The van der Waals surface area contributed by atoms with Crippen LogP contribution in [0, 0.1) is 13.8 Å². The van der Waals surface area contributed by atoms with Gasteiger partial charge in [0, 0.05) is 29.2 Å². The molecule has 37 heavy (non-hydrogen) atoms. The summed E-state index contributed by atoms with van der Waals surface area (Å²) in [5, 5.41) is 11.0. The first-order chi connectivity index (χ1) is 17.8. The smallest absolute Gasteiger partial charge is 0.361 e. The van der Waals surface area contributed by atoms with Gasteiger partial charge in [0.2, 0.25) is 0 Å². The van der Waals surface area contributed by atoms with Crippen molar-refractivity contribution in [1.29, 1.82) is 0 Å². The van der Waals surface area contributed by atoms with Crippen LogP contribution in [-0.2, 0) is 0 Å². The molecular weight excluding hydrogens is 483 g/mol. The third-order valence-electron chi connectivity index (χ3n) is 7.79. The van der Waals surface area contributed by atoms with E-state index in [0.29, 0.717) is 45.7 Å². The Kier molecular flexibility index (Phi) is 5.97. The lowest BCUT2D eigenvalue weighted by atomic mass is 10.0. The maximum Gasteiger partial charge on any atom is 0.416 e. The number of rotatable bonds is 4. The second kappa shape index (κ2) is 9.20. The number of halogens is 3. The van der Waals surface area contributed by atoms with Crippen molar-refractivity contribution in [3.63, 3.8) is 0 Å². The number of fused-ring (bicyclic) bond motifs is 1. The van der Waals surface area contributed by atoms with Crippen molar-refractivity contribution in [2.45, 2.75) is 64.2 Å². The molecule has 2 fully saturated rings. The zero-order valence-corrected chi connectivity index (χ0v) is 20.9. The van der Waals surface area contributed by atoms with Crippen LogP contribution in [0.4, 0.5) is 13.2 Å². The highest BCUT2D eigenvalue weighted by Gasteiger charge is 2.40. The molecule has 196 valence electrons. The minimum absolute atomic E-state index is 0.0128. The summed E-state index contributed by atoms with van der Waals surface area (Å²) in [6, 6.07) is 4.13. The Bertz CT molecular complexity index is 1360. The molecule has 3 N–H and O–H groups in total. The first-order valence-corrected chi connectivity index (χ1v) is 12.8. The van der Waals surface area contributed by atoms with Crippen molar-refractivity contribution in [2.24, 2.45) is 4.99 Å². The number of pyridine rings is 1. The Morgan fingerprint density at radius 3 is 2.65 bits per heavy atom. The van der Waals surface area contributed by atoms with Gasteiger partial charge in [-0.15, -0.1) is 0 Å². The second-order valence-corrected chi connectivity index (χ2v) is 10.1. The Morgan fingerprint density at radius 2 is 1.92 bits per heavy atom. The average molecular weight is 514 g/mol. The molecule has 0 aromatic carbocycles. The number of aliphatic imine (C=N–C) groups is 1. The fraction of sp³-hybridized carbons (Fsp3) is 0.500. The Hall–Kier alpha value is -3.34. The van der Waals surface area contributed by atoms with Crippen molar-refractivity contribution < 1.29 is 17.7 Å². The number of hydrogen-bond acceptors (Lipinski definition) is 7. The Balaban J connectivity index is 1.30. The SMILES string of the molecule is Cc1noc(C)c1-c1ccc2c(C3=C(C(F)(F)F)CN=C(NC4CCC[C@@H]4N4CCCC4)N3)c[nH]c2n1. The molecule has 0 radical (unpaired) electrons. The number of aryl methyl sites for hydroxylation is 2. The normalized spacial score (nSPS) is 23.1. The van der Waals surface area contributed by atoms with E-state index in [-0.39, 0.29) is 11.7 Å². The highest BCUT2D eigenvalue weighted by atomic mass is 19.4. The van der Waals surface area contributed by atoms with E-state index in [1.165, 1.54) is 12.8 Å². The van der Waals surface area contributed by atoms with Gasteiger partial charge in [0.1, 0.15) is 11.4 Å². The van der Waals surface area contributed by atoms with Crippen LogP contribution in [-0.4, -0.2) is 63.9 Å². The number of aromatic amines is 1. The van der Waals surface area contributed by atoms with Gasteiger partial charge in [-0.05, 0) is 71.2 Å². The second-order valence-electron chi connectivity index (χ2n) is 10.1. The predicted octanol–water partition coefficient (Wildman–Crippen LogP) is 4.67.